The molecule has 0 radical (unpaired) electrons. The SMILES string of the molecule is O=C(CCNC(=O)c1ccc(F)cc1F)Nc1ccc(Br)c(C(F)(F)F)c1. The molecule has 2 N–H and O–H groups in total. The van der Waals surface area contributed by atoms with Crippen LogP contribution in [0.2, 0.25) is 0 Å². The molecule has 10 heteroatoms. The summed E-state index contributed by atoms with van der Waals surface area (Å²) in [7, 11) is 0. The molecule has 0 aliphatic heterocycles. The van der Waals surface area contributed by atoms with Gasteiger partial charge >= 0.3 is 6.18 Å². The van der Waals surface area contributed by atoms with Crippen molar-refractivity contribution in [2.75, 3.05) is 11.9 Å². The van der Waals surface area contributed by atoms with Crippen LogP contribution in [0.3, 0.4) is 0 Å². The van der Waals surface area contributed by atoms with Gasteiger partial charge in [0.2, 0.25) is 5.91 Å². The van der Waals surface area contributed by atoms with Crippen LogP contribution in [0, 0.1) is 11.6 Å². The van der Waals surface area contributed by atoms with E-state index in [1.807, 2.05) is 0 Å². The van der Waals surface area contributed by atoms with E-state index in [0.29, 0.717) is 6.07 Å². The standard InChI is InChI=1S/C17H12BrF5N2O2/c18-13-4-2-10(8-12(13)17(21,22)23)25-15(26)5-6-24-16(27)11-3-1-9(19)7-14(11)20/h1-4,7-8H,5-6H2,(H,24,27)(H,25,26). The minimum atomic E-state index is -4.59. The molecular weight excluding hydrogens is 439 g/mol. The Morgan fingerprint density at radius 3 is 2.37 bits per heavy atom. The minimum Gasteiger partial charge on any atom is -0.351 e. The maximum atomic E-state index is 13.5. The van der Waals surface area contributed by atoms with Crippen molar-refractivity contribution in [1.29, 1.82) is 0 Å². The van der Waals surface area contributed by atoms with Gasteiger partial charge in [-0.05, 0) is 30.3 Å². The average Bonchev–Trinajstić information content (AvgIpc) is 2.55. The Morgan fingerprint density at radius 1 is 1.04 bits per heavy atom. The van der Waals surface area contributed by atoms with E-state index >= 15 is 0 Å². The van der Waals surface area contributed by atoms with Crippen LogP contribution in [0.4, 0.5) is 27.6 Å². The number of alkyl halides is 3. The van der Waals surface area contributed by atoms with Crippen molar-refractivity contribution in [3.63, 3.8) is 0 Å². The summed E-state index contributed by atoms with van der Waals surface area (Å²) in [6, 6.07) is 5.63. The van der Waals surface area contributed by atoms with Crippen LogP contribution in [0.1, 0.15) is 22.3 Å². The van der Waals surface area contributed by atoms with Crippen molar-refractivity contribution in [3.8, 4) is 0 Å². The number of benzene rings is 2. The minimum absolute atomic E-state index is 0.0635. The second-order valence-corrected chi connectivity index (χ2v) is 6.22. The first-order chi connectivity index (χ1) is 12.6. The Morgan fingerprint density at radius 2 is 1.74 bits per heavy atom. The quantitative estimate of drug-likeness (QED) is 0.658. The molecule has 0 saturated heterocycles. The molecule has 144 valence electrons. The van der Waals surface area contributed by atoms with Crippen LogP contribution < -0.4 is 10.6 Å². The highest BCUT2D eigenvalue weighted by atomic mass is 79.9. The third-order valence-corrected chi connectivity index (χ3v) is 4.06. The molecule has 27 heavy (non-hydrogen) atoms. The molecule has 0 bridgehead atoms. The molecule has 0 heterocycles. The molecule has 0 aliphatic rings. The van der Waals surface area contributed by atoms with E-state index in [4.69, 9.17) is 0 Å². The van der Waals surface area contributed by atoms with Gasteiger partial charge in [-0.3, -0.25) is 9.59 Å². The summed E-state index contributed by atoms with van der Waals surface area (Å²) < 4.78 is 64.6. The van der Waals surface area contributed by atoms with Gasteiger partial charge in [-0.1, -0.05) is 15.9 Å². The molecule has 0 fully saturated rings. The van der Waals surface area contributed by atoms with Crippen LogP contribution >= 0.6 is 15.9 Å². The average molecular weight is 451 g/mol. The van der Waals surface area contributed by atoms with Crippen molar-refractivity contribution in [1.82, 2.24) is 5.32 Å². The van der Waals surface area contributed by atoms with Gasteiger partial charge in [-0.2, -0.15) is 13.2 Å². The molecule has 0 spiro atoms. The van der Waals surface area contributed by atoms with E-state index in [-0.39, 0.29) is 28.7 Å². The monoisotopic (exact) mass is 450 g/mol. The number of carbonyl (C=O) groups excluding carboxylic acids is 2. The maximum absolute atomic E-state index is 13.5. The molecule has 0 aromatic heterocycles. The Kier molecular flexibility index (Phi) is 6.53. The van der Waals surface area contributed by atoms with Crippen LogP contribution in [0.5, 0.6) is 0 Å². The predicted molar refractivity (Wildman–Crippen MR) is 91.1 cm³/mol. The third-order valence-electron chi connectivity index (χ3n) is 3.37. The lowest BCUT2D eigenvalue weighted by atomic mass is 10.2. The van der Waals surface area contributed by atoms with Gasteiger partial charge in [-0.25, -0.2) is 8.78 Å². The molecule has 2 aromatic rings. The van der Waals surface area contributed by atoms with Gasteiger partial charge in [0, 0.05) is 29.2 Å². The fourth-order valence-electron chi connectivity index (χ4n) is 2.10. The second-order valence-electron chi connectivity index (χ2n) is 5.37. The Hall–Kier alpha value is -2.49. The largest absolute Gasteiger partial charge is 0.417 e. The number of hydrogen-bond acceptors (Lipinski definition) is 2. The summed E-state index contributed by atoms with van der Waals surface area (Å²) in [6.45, 7) is -0.190. The van der Waals surface area contributed by atoms with E-state index in [2.05, 4.69) is 26.6 Å². The summed E-state index contributed by atoms with van der Waals surface area (Å²) in [5.74, 6) is -3.38. The number of halogens is 6. The summed E-state index contributed by atoms with van der Waals surface area (Å²) in [6.07, 6.45) is -4.85. The van der Waals surface area contributed by atoms with Crippen molar-refractivity contribution in [2.45, 2.75) is 12.6 Å². The lowest BCUT2D eigenvalue weighted by Gasteiger charge is -2.12. The zero-order valence-corrected chi connectivity index (χ0v) is 15.0. The highest BCUT2D eigenvalue weighted by Gasteiger charge is 2.33. The number of hydrogen-bond donors (Lipinski definition) is 2. The molecule has 0 aliphatic carbocycles. The molecule has 2 aromatic carbocycles. The fraction of sp³-hybridized carbons (Fsp3) is 0.176. The Balaban J connectivity index is 1.90. The van der Waals surface area contributed by atoms with Gasteiger partial charge in [0.15, 0.2) is 0 Å². The van der Waals surface area contributed by atoms with Gasteiger partial charge in [0.1, 0.15) is 11.6 Å². The normalized spacial score (nSPS) is 11.2. The van der Waals surface area contributed by atoms with Crippen LogP contribution in [0.15, 0.2) is 40.9 Å². The van der Waals surface area contributed by atoms with Gasteiger partial charge < -0.3 is 10.6 Å². The second kappa shape index (κ2) is 8.47. The van der Waals surface area contributed by atoms with Crippen LogP contribution in [0.25, 0.3) is 0 Å². The molecule has 2 rings (SSSR count). The molecule has 0 atom stereocenters. The van der Waals surface area contributed by atoms with Crippen molar-refractivity contribution >= 4 is 33.4 Å². The van der Waals surface area contributed by atoms with E-state index in [1.165, 1.54) is 6.07 Å². The van der Waals surface area contributed by atoms with E-state index in [0.717, 1.165) is 24.3 Å². The maximum Gasteiger partial charge on any atom is 0.417 e. The number of carbonyl (C=O) groups is 2. The van der Waals surface area contributed by atoms with E-state index < -0.39 is 35.2 Å². The molecular formula is C17H12BrF5N2O2. The molecule has 4 nitrogen and oxygen atoms in total. The number of amides is 2. The highest BCUT2D eigenvalue weighted by molar-refractivity contribution is 9.10. The van der Waals surface area contributed by atoms with E-state index in [1.54, 1.807) is 0 Å². The number of rotatable bonds is 5. The van der Waals surface area contributed by atoms with Crippen molar-refractivity contribution in [2.24, 2.45) is 0 Å². The summed E-state index contributed by atoms with van der Waals surface area (Å²) in [5, 5.41) is 4.55. The number of nitrogens with one attached hydrogen (secondary N) is 2. The van der Waals surface area contributed by atoms with Crippen molar-refractivity contribution < 1.29 is 31.5 Å². The lowest BCUT2D eigenvalue weighted by Crippen LogP contribution is -2.28. The zero-order chi connectivity index (χ0) is 20.2. The van der Waals surface area contributed by atoms with Gasteiger partial charge in [0.05, 0.1) is 11.1 Å². The van der Waals surface area contributed by atoms with Crippen molar-refractivity contribution in [3.05, 3.63) is 63.6 Å². The Bertz CT molecular complexity index is 871. The van der Waals surface area contributed by atoms with Gasteiger partial charge in [-0.15, -0.1) is 0 Å². The summed E-state index contributed by atoms with van der Waals surface area (Å²) in [5.41, 5.74) is -1.40. The van der Waals surface area contributed by atoms with E-state index in [9.17, 15) is 31.5 Å². The van der Waals surface area contributed by atoms with Crippen LogP contribution in [-0.4, -0.2) is 18.4 Å². The summed E-state index contributed by atoms with van der Waals surface area (Å²) >= 11 is 2.79. The first-order valence-electron chi connectivity index (χ1n) is 7.48. The third kappa shape index (κ3) is 5.75. The smallest absolute Gasteiger partial charge is 0.351 e. The van der Waals surface area contributed by atoms with Crippen LogP contribution in [-0.2, 0) is 11.0 Å². The molecule has 2 amide bonds. The fourth-order valence-corrected chi connectivity index (χ4v) is 2.57. The first-order valence-corrected chi connectivity index (χ1v) is 8.27. The Labute approximate surface area is 158 Å². The number of anilines is 1. The summed E-state index contributed by atoms with van der Waals surface area (Å²) in [4.78, 5) is 23.6. The highest BCUT2D eigenvalue weighted by Crippen LogP contribution is 2.36. The zero-order valence-electron chi connectivity index (χ0n) is 13.5. The lowest BCUT2D eigenvalue weighted by molar-refractivity contribution is -0.138. The molecule has 0 saturated carbocycles. The topological polar surface area (TPSA) is 58.2 Å². The predicted octanol–water partition coefficient (Wildman–Crippen LogP) is 4.50. The first kappa shape index (κ1) is 20.8. The molecule has 0 unspecified atom stereocenters. The van der Waals surface area contributed by atoms with Gasteiger partial charge in [0.25, 0.3) is 5.91 Å².